The molecule has 0 saturated carbocycles. The standard InChI is InChI=1S/C25H32ClFN2O2/c1-18(2)25(30)29(11-12-31-3)16-21-15-28(14-20-7-4-5-10-24(20)26)17-23(21)19-8-6-9-22(27)13-19/h4-10,13,18,21,23H,11-12,14-17H2,1-3H3. The van der Waals surface area contributed by atoms with E-state index < -0.39 is 0 Å². The third kappa shape index (κ3) is 6.28. The van der Waals surface area contributed by atoms with Gasteiger partial charge in [0.05, 0.1) is 6.61 Å². The van der Waals surface area contributed by atoms with Gasteiger partial charge in [-0.05, 0) is 35.2 Å². The molecule has 1 fully saturated rings. The Morgan fingerprint density at radius 3 is 2.68 bits per heavy atom. The van der Waals surface area contributed by atoms with Crippen molar-refractivity contribution in [3.8, 4) is 0 Å². The van der Waals surface area contributed by atoms with Gasteiger partial charge in [0.15, 0.2) is 0 Å². The highest BCUT2D eigenvalue weighted by atomic mass is 35.5. The van der Waals surface area contributed by atoms with Gasteiger partial charge >= 0.3 is 0 Å². The van der Waals surface area contributed by atoms with Crippen LogP contribution in [-0.4, -0.2) is 55.6 Å². The van der Waals surface area contributed by atoms with E-state index in [0.29, 0.717) is 19.7 Å². The number of carbonyl (C=O) groups excluding carboxylic acids is 1. The predicted molar refractivity (Wildman–Crippen MR) is 123 cm³/mol. The molecular weight excluding hydrogens is 415 g/mol. The van der Waals surface area contributed by atoms with Crippen LogP contribution in [0.2, 0.25) is 5.02 Å². The van der Waals surface area contributed by atoms with Crippen LogP contribution in [0.1, 0.15) is 30.9 Å². The molecule has 1 saturated heterocycles. The lowest BCUT2D eigenvalue weighted by atomic mass is 9.88. The Labute approximate surface area is 189 Å². The number of ether oxygens (including phenoxy) is 1. The van der Waals surface area contributed by atoms with E-state index >= 15 is 0 Å². The zero-order valence-electron chi connectivity index (χ0n) is 18.6. The van der Waals surface area contributed by atoms with Crippen molar-refractivity contribution in [1.82, 2.24) is 9.80 Å². The van der Waals surface area contributed by atoms with E-state index in [4.69, 9.17) is 16.3 Å². The predicted octanol–water partition coefficient (Wildman–Crippen LogP) is 4.83. The summed E-state index contributed by atoms with van der Waals surface area (Å²) in [5, 5.41) is 0.755. The zero-order chi connectivity index (χ0) is 22.4. The summed E-state index contributed by atoms with van der Waals surface area (Å²) in [7, 11) is 1.65. The van der Waals surface area contributed by atoms with Crippen LogP contribution in [0.3, 0.4) is 0 Å². The Bertz CT molecular complexity index is 876. The van der Waals surface area contributed by atoms with Gasteiger partial charge in [-0.3, -0.25) is 9.69 Å². The van der Waals surface area contributed by atoms with E-state index in [1.54, 1.807) is 19.2 Å². The SMILES string of the molecule is COCCN(CC1CN(Cc2ccccc2Cl)CC1c1cccc(F)c1)C(=O)C(C)C. The first-order valence-corrected chi connectivity index (χ1v) is 11.3. The van der Waals surface area contributed by atoms with Gasteiger partial charge in [-0.1, -0.05) is 55.8 Å². The lowest BCUT2D eigenvalue weighted by Crippen LogP contribution is -2.41. The highest BCUT2D eigenvalue weighted by Gasteiger charge is 2.36. The van der Waals surface area contributed by atoms with Gasteiger partial charge in [0, 0.05) is 56.7 Å². The molecule has 1 amide bonds. The fourth-order valence-electron chi connectivity index (χ4n) is 4.40. The van der Waals surface area contributed by atoms with Crippen LogP contribution in [0.25, 0.3) is 0 Å². The van der Waals surface area contributed by atoms with Crippen molar-refractivity contribution in [2.45, 2.75) is 26.3 Å². The number of hydrogen-bond acceptors (Lipinski definition) is 3. The van der Waals surface area contributed by atoms with Crippen LogP contribution in [0, 0.1) is 17.7 Å². The zero-order valence-corrected chi connectivity index (χ0v) is 19.3. The number of methoxy groups -OCH3 is 1. The molecule has 3 rings (SSSR count). The van der Waals surface area contributed by atoms with E-state index in [0.717, 1.165) is 35.8 Å². The topological polar surface area (TPSA) is 32.8 Å². The number of halogens is 2. The number of rotatable bonds is 9. The molecule has 0 bridgehead atoms. The molecule has 168 valence electrons. The fourth-order valence-corrected chi connectivity index (χ4v) is 4.59. The summed E-state index contributed by atoms with van der Waals surface area (Å²) in [6.07, 6.45) is 0. The van der Waals surface area contributed by atoms with Crippen molar-refractivity contribution in [1.29, 1.82) is 0 Å². The van der Waals surface area contributed by atoms with Gasteiger partial charge in [0.2, 0.25) is 5.91 Å². The Morgan fingerprint density at radius 1 is 1.23 bits per heavy atom. The summed E-state index contributed by atoms with van der Waals surface area (Å²) in [6, 6.07) is 14.7. The molecule has 0 radical (unpaired) electrons. The van der Waals surface area contributed by atoms with Gasteiger partial charge in [-0.25, -0.2) is 4.39 Å². The average Bonchev–Trinajstić information content (AvgIpc) is 3.14. The molecule has 4 nitrogen and oxygen atoms in total. The highest BCUT2D eigenvalue weighted by Crippen LogP contribution is 2.35. The summed E-state index contributed by atoms with van der Waals surface area (Å²) in [5.41, 5.74) is 2.06. The Hall–Kier alpha value is -1.95. The number of amides is 1. The second-order valence-electron chi connectivity index (χ2n) is 8.64. The monoisotopic (exact) mass is 446 g/mol. The summed E-state index contributed by atoms with van der Waals surface area (Å²) in [6.45, 7) is 7.88. The average molecular weight is 447 g/mol. The minimum Gasteiger partial charge on any atom is -0.383 e. The minimum atomic E-state index is -0.227. The number of carbonyl (C=O) groups is 1. The second-order valence-corrected chi connectivity index (χ2v) is 9.05. The van der Waals surface area contributed by atoms with Crippen LogP contribution < -0.4 is 0 Å². The summed E-state index contributed by atoms with van der Waals surface area (Å²) in [5.74, 6) is 0.159. The van der Waals surface area contributed by atoms with Gasteiger partial charge in [-0.2, -0.15) is 0 Å². The molecule has 2 unspecified atom stereocenters. The fraction of sp³-hybridized carbons (Fsp3) is 0.480. The van der Waals surface area contributed by atoms with Gasteiger partial charge < -0.3 is 9.64 Å². The Morgan fingerprint density at radius 2 is 2.00 bits per heavy atom. The number of likely N-dealkylation sites (tertiary alicyclic amines) is 1. The third-order valence-corrected chi connectivity index (χ3v) is 6.34. The molecule has 0 N–H and O–H groups in total. The summed E-state index contributed by atoms with van der Waals surface area (Å²) >= 11 is 6.39. The van der Waals surface area contributed by atoms with E-state index in [1.165, 1.54) is 6.07 Å². The first-order valence-electron chi connectivity index (χ1n) is 10.9. The molecule has 2 aromatic rings. The molecule has 1 heterocycles. The molecule has 2 atom stereocenters. The molecule has 0 spiro atoms. The Balaban J connectivity index is 1.82. The van der Waals surface area contributed by atoms with E-state index in [-0.39, 0.29) is 29.5 Å². The molecule has 0 aliphatic carbocycles. The van der Waals surface area contributed by atoms with Crippen molar-refractivity contribution in [2.75, 3.05) is 39.9 Å². The van der Waals surface area contributed by atoms with Gasteiger partial charge in [0.1, 0.15) is 5.82 Å². The van der Waals surface area contributed by atoms with E-state index in [9.17, 15) is 9.18 Å². The smallest absolute Gasteiger partial charge is 0.225 e. The van der Waals surface area contributed by atoms with E-state index in [2.05, 4.69) is 4.90 Å². The maximum absolute atomic E-state index is 14.0. The largest absolute Gasteiger partial charge is 0.383 e. The molecule has 0 aromatic heterocycles. The van der Waals surface area contributed by atoms with Crippen LogP contribution in [0.4, 0.5) is 4.39 Å². The quantitative estimate of drug-likeness (QED) is 0.553. The van der Waals surface area contributed by atoms with Gasteiger partial charge in [-0.15, -0.1) is 0 Å². The molecule has 31 heavy (non-hydrogen) atoms. The van der Waals surface area contributed by atoms with Crippen LogP contribution >= 0.6 is 11.6 Å². The molecule has 2 aromatic carbocycles. The maximum atomic E-state index is 14.0. The lowest BCUT2D eigenvalue weighted by molar-refractivity contribution is -0.135. The second kappa shape index (κ2) is 11.1. The van der Waals surface area contributed by atoms with Crippen molar-refractivity contribution in [3.63, 3.8) is 0 Å². The van der Waals surface area contributed by atoms with Crippen molar-refractivity contribution < 1.29 is 13.9 Å². The van der Waals surface area contributed by atoms with E-state index in [1.807, 2.05) is 49.1 Å². The first kappa shape index (κ1) is 23.7. The number of nitrogens with zero attached hydrogens (tertiary/aromatic N) is 2. The van der Waals surface area contributed by atoms with Crippen molar-refractivity contribution in [3.05, 3.63) is 70.5 Å². The summed E-state index contributed by atoms with van der Waals surface area (Å²) in [4.78, 5) is 17.1. The maximum Gasteiger partial charge on any atom is 0.225 e. The first-order chi connectivity index (χ1) is 14.9. The molecule has 1 aliphatic heterocycles. The highest BCUT2D eigenvalue weighted by molar-refractivity contribution is 6.31. The summed E-state index contributed by atoms with van der Waals surface area (Å²) < 4.78 is 19.2. The molecule has 6 heteroatoms. The van der Waals surface area contributed by atoms with Crippen LogP contribution in [0.5, 0.6) is 0 Å². The lowest BCUT2D eigenvalue weighted by Gasteiger charge is -2.29. The van der Waals surface area contributed by atoms with Gasteiger partial charge in [0.25, 0.3) is 0 Å². The molecule has 1 aliphatic rings. The normalized spacial score (nSPS) is 19.2. The Kier molecular flexibility index (Phi) is 8.47. The number of hydrogen-bond donors (Lipinski definition) is 0. The number of benzene rings is 2. The van der Waals surface area contributed by atoms with Crippen LogP contribution in [-0.2, 0) is 16.1 Å². The van der Waals surface area contributed by atoms with Crippen LogP contribution in [0.15, 0.2) is 48.5 Å². The minimum absolute atomic E-state index is 0.0786. The third-order valence-electron chi connectivity index (χ3n) is 5.97. The van der Waals surface area contributed by atoms with Crippen molar-refractivity contribution in [2.24, 2.45) is 11.8 Å². The van der Waals surface area contributed by atoms with Crippen molar-refractivity contribution >= 4 is 17.5 Å². The molecular formula is C25H32ClFN2O2.